The van der Waals surface area contributed by atoms with Crippen molar-refractivity contribution in [2.24, 2.45) is 13.0 Å². The highest BCUT2D eigenvalue weighted by atomic mass is 16.5. The number of hydrogen-bond donors (Lipinski definition) is 1. The van der Waals surface area contributed by atoms with Gasteiger partial charge in [-0.25, -0.2) is 9.97 Å². The van der Waals surface area contributed by atoms with E-state index in [0.717, 1.165) is 30.0 Å². The molecule has 1 N–H and O–H groups in total. The smallest absolute Gasteiger partial charge is 0.222 e. The van der Waals surface area contributed by atoms with Crippen molar-refractivity contribution < 1.29 is 9.53 Å². The number of aromatic nitrogens is 4. The number of likely N-dealkylation sites (tertiary alicyclic amines) is 1. The second-order valence-electron chi connectivity index (χ2n) is 6.82. The lowest BCUT2D eigenvalue weighted by atomic mass is 9.85. The molecular formula is C18H26N6O2. The molecule has 3 heterocycles. The average molecular weight is 358 g/mol. The van der Waals surface area contributed by atoms with Gasteiger partial charge in [0.1, 0.15) is 12.4 Å². The van der Waals surface area contributed by atoms with Crippen LogP contribution < -0.4 is 5.32 Å². The molecule has 1 amide bonds. The molecule has 1 aliphatic rings. The van der Waals surface area contributed by atoms with Gasteiger partial charge >= 0.3 is 0 Å². The third-order valence-corrected chi connectivity index (χ3v) is 4.77. The average Bonchev–Trinajstić information content (AvgIpc) is 3.01. The summed E-state index contributed by atoms with van der Waals surface area (Å²) in [6.45, 7) is 3.05. The number of amides is 1. The molecule has 1 saturated heterocycles. The van der Waals surface area contributed by atoms with Crippen LogP contribution in [0.3, 0.4) is 0 Å². The van der Waals surface area contributed by atoms with Crippen LogP contribution in [-0.2, 0) is 23.2 Å². The van der Waals surface area contributed by atoms with Gasteiger partial charge in [-0.3, -0.25) is 9.48 Å². The summed E-state index contributed by atoms with van der Waals surface area (Å²) in [5.41, 5.74) is 1.96. The second-order valence-corrected chi connectivity index (χ2v) is 6.82. The molecule has 3 rings (SSSR count). The monoisotopic (exact) mass is 358 g/mol. The number of methoxy groups -OCH3 is 1. The van der Waals surface area contributed by atoms with Crippen LogP contribution in [0.1, 0.15) is 36.0 Å². The number of nitrogens with one attached hydrogen (secondary N) is 1. The van der Waals surface area contributed by atoms with E-state index in [1.807, 2.05) is 44.4 Å². The van der Waals surface area contributed by atoms with Crippen LogP contribution in [-0.4, -0.2) is 51.3 Å². The lowest BCUT2D eigenvalue weighted by molar-refractivity contribution is -0.136. The first kappa shape index (κ1) is 18.3. The molecule has 0 spiro atoms. The van der Waals surface area contributed by atoms with E-state index >= 15 is 0 Å². The van der Waals surface area contributed by atoms with Crippen molar-refractivity contribution in [2.75, 3.05) is 26.0 Å². The number of carbonyl (C=O) groups is 1. The topological polar surface area (TPSA) is 85.2 Å². The molecule has 8 nitrogen and oxygen atoms in total. The van der Waals surface area contributed by atoms with Crippen LogP contribution in [0.5, 0.6) is 0 Å². The number of piperidine rings is 1. The van der Waals surface area contributed by atoms with Gasteiger partial charge in [0.2, 0.25) is 5.91 Å². The van der Waals surface area contributed by atoms with Gasteiger partial charge < -0.3 is 15.0 Å². The minimum atomic E-state index is 0.0128. The van der Waals surface area contributed by atoms with E-state index in [4.69, 9.17) is 4.74 Å². The highest BCUT2D eigenvalue weighted by Gasteiger charge is 2.35. The first-order chi connectivity index (χ1) is 12.5. The van der Waals surface area contributed by atoms with E-state index in [9.17, 15) is 4.79 Å². The Balaban J connectivity index is 1.76. The number of rotatable bonds is 6. The SMILES string of the molecule is COCc1nc(C)cc(NC[C@H]2CCC(=O)N(C)[C@@H]2c2cnn(C)c2)n1. The van der Waals surface area contributed by atoms with E-state index in [1.54, 1.807) is 11.8 Å². The van der Waals surface area contributed by atoms with Crippen LogP contribution in [0, 0.1) is 12.8 Å². The van der Waals surface area contributed by atoms with E-state index < -0.39 is 0 Å². The van der Waals surface area contributed by atoms with E-state index in [2.05, 4.69) is 20.4 Å². The fraction of sp³-hybridized carbons (Fsp3) is 0.556. The Kier molecular flexibility index (Phi) is 5.51. The number of carbonyl (C=O) groups excluding carboxylic acids is 1. The van der Waals surface area contributed by atoms with Gasteiger partial charge in [0.15, 0.2) is 5.82 Å². The molecule has 2 aromatic heterocycles. The molecular weight excluding hydrogens is 332 g/mol. The Morgan fingerprint density at radius 2 is 2.15 bits per heavy atom. The molecule has 0 aromatic carbocycles. The van der Waals surface area contributed by atoms with Crippen molar-refractivity contribution in [2.45, 2.75) is 32.4 Å². The molecule has 2 aromatic rings. The summed E-state index contributed by atoms with van der Waals surface area (Å²) in [4.78, 5) is 22.9. The molecule has 1 fully saturated rings. The zero-order valence-corrected chi connectivity index (χ0v) is 15.8. The molecule has 2 atom stereocenters. The second kappa shape index (κ2) is 7.82. The fourth-order valence-corrected chi connectivity index (χ4v) is 3.57. The van der Waals surface area contributed by atoms with Crippen LogP contribution in [0.2, 0.25) is 0 Å². The van der Waals surface area contributed by atoms with Crippen molar-refractivity contribution in [3.8, 4) is 0 Å². The molecule has 8 heteroatoms. The molecule has 0 saturated carbocycles. The van der Waals surface area contributed by atoms with Gasteiger partial charge in [-0.15, -0.1) is 0 Å². The Labute approximate surface area is 153 Å². The summed E-state index contributed by atoms with van der Waals surface area (Å²) in [6.07, 6.45) is 5.23. The highest BCUT2D eigenvalue weighted by molar-refractivity contribution is 5.77. The fourth-order valence-electron chi connectivity index (χ4n) is 3.57. The predicted molar refractivity (Wildman–Crippen MR) is 97.4 cm³/mol. The van der Waals surface area contributed by atoms with Gasteiger partial charge in [0, 0.05) is 63.6 Å². The van der Waals surface area contributed by atoms with Gasteiger partial charge in [0.25, 0.3) is 0 Å². The lowest BCUT2D eigenvalue weighted by Gasteiger charge is -2.38. The van der Waals surface area contributed by atoms with Gasteiger partial charge in [-0.1, -0.05) is 0 Å². The Bertz CT molecular complexity index is 775. The van der Waals surface area contributed by atoms with Crippen molar-refractivity contribution in [3.05, 3.63) is 35.5 Å². The van der Waals surface area contributed by atoms with E-state index in [0.29, 0.717) is 18.9 Å². The third kappa shape index (κ3) is 4.01. The van der Waals surface area contributed by atoms with Gasteiger partial charge in [0.05, 0.1) is 12.2 Å². The number of nitrogens with zero attached hydrogens (tertiary/aromatic N) is 5. The summed E-state index contributed by atoms with van der Waals surface area (Å²) in [7, 11) is 5.40. The number of ether oxygens (including phenoxy) is 1. The van der Waals surface area contributed by atoms with E-state index in [1.165, 1.54) is 0 Å². The first-order valence-corrected chi connectivity index (χ1v) is 8.79. The zero-order valence-electron chi connectivity index (χ0n) is 15.8. The van der Waals surface area contributed by atoms with Crippen LogP contribution >= 0.6 is 0 Å². The lowest BCUT2D eigenvalue weighted by Crippen LogP contribution is -2.42. The zero-order chi connectivity index (χ0) is 18.7. The van der Waals surface area contributed by atoms with Crippen LogP contribution in [0.25, 0.3) is 0 Å². The summed E-state index contributed by atoms with van der Waals surface area (Å²) in [5, 5.41) is 7.70. The van der Waals surface area contributed by atoms with Gasteiger partial charge in [-0.05, 0) is 13.3 Å². The molecule has 0 aliphatic carbocycles. The number of hydrogen-bond acceptors (Lipinski definition) is 6. The Morgan fingerprint density at radius 3 is 2.85 bits per heavy atom. The third-order valence-electron chi connectivity index (χ3n) is 4.77. The van der Waals surface area contributed by atoms with Crippen molar-refractivity contribution in [1.29, 1.82) is 0 Å². The normalized spacial score (nSPS) is 20.5. The quantitative estimate of drug-likeness (QED) is 0.846. The summed E-state index contributed by atoms with van der Waals surface area (Å²) in [5.74, 6) is 1.90. The minimum Gasteiger partial charge on any atom is -0.377 e. The maximum absolute atomic E-state index is 12.2. The van der Waals surface area contributed by atoms with Crippen molar-refractivity contribution >= 4 is 11.7 Å². The van der Waals surface area contributed by atoms with Gasteiger partial charge in [-0.2, -0.15) is 5.10 Å². The molecule has 26 heavy (non-hydrogen) atoms. The first-order valence-electron chi connectivity index (χ1n) is 8.79. The van der Waals surface area contributed by atoms with Crippen LogP contribution in [0.15, 0.2) is 18.5 Å². The molecule has 0 bridgehead atoms. The number of aryl methyl sites for hydroxylation is 2. The molecule has 0 radical (unpaired) electrons. The predicted octanol–water partition coefficient (Wildman–Crippen LogP) is 1.69. The highest BCUT2D eigenvalue weighted by Crippen LogP contribution is 2.35. The molecule has 1 aliphatic heterocycles. The standard InChI is InChI=1S/C18H26N6O2/c1-12-7-15(22-16(21-12)11-26-4)19-8-13-5-6-17(25)24(3)18(13)14-9-20-23(2)10-14/h7,9-10,13,18H,5-6,8,11H2,1-4H3,(H,19,21,22)/t13-,18+/m1/s1. The maximum Gasteiger partial charge on any atom is 0.222 e. The summed E-state index contributed by atoms with van der Waals surface area (Å²) in [6, 6.07) is 1.94. The largest absolute Gasteiger partial charge is 0.377 e. The van der Waals surface area contributed by atoms with Crippen molar-refractivity contribution in [1.82, 2.24) is 24.6 Å². The number of anilines is 1. The van der Waals surface area contributed by atoms with E-state index in [-0.39, 0.29) is 17.9 Å². The summed E-state index contributed by atoms with van der Waals surface area (Å²) < 4.78 is 6.90. The maximum atomic E-state index is 12.2. The van der Waals surface area contributed by atoms with Crippen LogP contribution in [0.4, 0.5) is 5.82 Å². The summed E-state index contributed by atoms with van der Waals surface area (Å²) >= 11 is 0. The Morgan fingerprint density at radius 1 is 1.35 bits per heavy atom. The molecule has 0 unspecified atom stereocenters. The minimum absolute atomic E-state index is 0.0128. The Hall–Kier alpha value is -2.48. The van der Waals surface area contributed by atoms with Crippen molar-refractivity contribution in [3.63, 3.8) is 0 Å². The molecule has 140 valence electrons.